The fourth-order valence-electron chi connectivity index (χ4n) is 1.11. The summed E-state index contributed by atoms with van der Waals surface area (Å²) in [6.45, 7) is -0.0101. The predicted molar refractivity (Wildman–Crippen MR) is 61.5 cm³/mol. The lowest BCUT2D eigenvalue weighted by Gasteiger charge is -2.14. The Hall–Kier alpha value is -2.32. The molecular weight excluding hydrogens is 260 g/mol. The number of carboxylic acid groups (broad SMARTS) is 2. The van der Waals surface area contributed by atoms with E-state index in [9.17, 15) is 19.2 Å². The topological polar surface area (TPSA) is 142 Å². The van der Waals surface area contributed by atoms with E-state index in [1.165, 1.54) is 7.11 Å². The van der Waals surface area contributed by atoms with Crippen LogP contribution in [0.15, 0.2) is 0 Å². The van der Waals surface area contributed by atoms with Crippen LogP contribution >= 0.6 is 0 Å². The number of carbonyl (C=O) groups is 4. The van der Waals surface area contributed by atoms with Gasteiger partial charge in [-0.15, -0.1) is 0 Å². The minimum absolute atomic E-state index is 0.0101. The van der Waals surface area contributed by atoms with Crippen LogP contribution in [0.3, 0.4) is 0 Å². The lowest BCUT2D eigenvalue weighted by Crippen LogP contribution is -2.46. The van der Waals surface area contributed by atoms with Crippen molar-refractivity contribution in [3.63, 3.8) is 0 Å². The molecular formula is C10H16N2O7. The molecule has 0 aliphatic rings. The maximum absolute atomic E-state index is 11.3. The van der Waals surface area contributed by atoms with E-state index in [2.05, 4.69) is 15.4 Å². The number of methoxy groups -OCH3 is 1. The molecule has 0 rings (SSSR count). The van der Waals surface area contributed by atoms with Gasteiger partial charge in [0.05, 0.1) is 13.5 Å². The predicted octanol–water partition coefficient (Wildman–Crippen LogP) is -0.833. The highest BCUT2D eigenvalue weighted by atomic mass is 16.5. The van der Waals surface area contributed by atoms with Gasteiger partial charge < -0.3 is 25.6 Å². The molecule has 0 aromatic heterocycles. The molecule has 0 unspecified atom stereocenters. The second-order valence-electron chi connectivity index (χ2n) is 3.55. The second kappa shape index (κ2) is 8.72. The number of carboxylic acids is 2. The van der Waals surface area contributed by atoms with Gasteiger partial charge in [-0.2, -0.15) is 0 Å². The Balaban J connectivity index is 4.06. The highest BCUT2D eigenvalue weighted by Gasteiger charge is 2.20. The van der Waals surface area contributed by atoms with Gasteiger partial charge in [0.25, 0.3) is 0 Å². The van der Waals surface area contributed by atoms with E-state index >= 15 is 0 Å². The van der Waals surface area contributed by atoms with Crippen LogP contribution in [-0.2, 0) is 19.1 Å². The van der Waals surface area contributed by atoms with Crippen molar-refractivity contribution in [2.24, 2.45) is 0 Å². The molecule has 108 valence electrons. The van der Waals surface area contributed by atoms with Crippen LogP contribution < -0.4 is 10.6 Å². The largest absolute Gasteiger partial charge is 0.481 e. The van der Waals surface area contributed by atoms with Crippen LogP contribution in [0.4, 0.5) is 4.79 Å². The first-order valence-electron chi connectivity index (χ1n) is 5.42. The molecule has 0 bridgehead atoms. The molecule has 9 heteroatoms. The fraction of sp³-hybridized carbons (Fsp3) is 0.600. The van der Waals surface area contributed by atoms with Gasteiger partial charge in [0, 0.05) is 13.0 Å². The summed E-state index contributed by atoms with van der Waals surface area (Å²) >= 11 is 0. The van der Waals surface area contributed by atoms with Crippen LogP contribution in [0.5, 0.6) is 0 Å². The van der Waals surface area contributed by atoms with E-state index in [1.807, 2.05) is 0 Å². The van der Waals surface area contributed by atoms with E-state index < -0.39 is 30.0 Å². The molecule has 0 heterocycles. The van der Waals surface area contributed by atoms with Gasteiger partial charge in [-0.1, -0.05) is 0 Å². The molecule has 0 aromatic carbocycles. The Morgan fingerprint density at radius 3 is 2.26 bits per heavy atom. The number of carbonyl (C=O) groups excluding carboxylic acids is 2. The molecule has 0 fully saturated rings. The maximum atomic E-state index is 11.3. The number of urea groups is 1. The minimum Gasteiger partial charge on any atom is -0.481 e. The minimum atomic E-state index is -1.33. The number of esters is 1. The van der Waals surface area contributed by atoms with Crippen molar-refractivity contribution in [3.05, 3.63) is 0 Å². The summed E-state index contributed by atoms with van der Waals surface area (Å²) in [5, 5.41) is 21.6. The third kappa shape index (κ3) is 8.41. The average molecular weight is 276 g/mol. The molecule has 9 nitrogen and oxygen atoms in total. The Labute approximate surface area is 108 Å². The molecule has 0 saturated carbocycles. The monoisotopic (exact) mass is 276 g/mol. The van der Waals surface area contributed by atoms with Crippen molar-refractivity contribution in [3.8, 4) is 0 Å². The van der Waals surface area contributed by atoms with E-state index in [4.69, 9.17) is 10.2 Å². The van der Waals surface area contributed by atoms with Gasteiger partial charge in [0.2, 0.25) is 0 Å². The molecule has 0 aliphatic carbocycles. The molecule has 0 aliphatic heterocycles. The van der Waals surface area contributed by atoms with Crippen LogP contribution in [0.25, 0.3) is 0 Å². The summed E-state index contributed by atoms with van der Waals surface area (Å²) in [6.07, 6.45) is -0.648. The summed E-state index contributed by atoms with van der Waals surface area (Å²) in [5.41, 5.74) is 0. The molecule has 0 aromatic rings. The van der Waals surface area contributed by atoms with Crippen LogP contribution in [-0.4, -0.2) is 53.8 Å². The number of hydrogen-bond donors (Lipinski definition) is 4. The van der Waals surface area contributed by atoms with Gasteiger partial charge in [0.15, 0.2) is 0 Å². The van der Waals surface area contributed by atoms with E-state index in [1.54, 1.807) is 0 Å². The Morgan fingerprint density at radius 2 is 1.79 bits per heavy atom. The Morgan fingerprint density at radius 1 is 1.16 bits per heavy atom. The molecule has 4 N–H and O–H groups in total. The van der Waals surface area contributed by atoms with Crippen molar-refractivity contribution in [2.75, 3.05) is 13.7 Å². The first-order chi connectivity index (χ1) is 8.86. The number of aliphatic carboxylic acids is 2. The van der Waals surface area contributed by atoms with Gasteiger partial charge >= 0.3 is 23.9 Å². The third-order valence-corrected chi connectivity index (χ3v) is 2.09. The van der Waals surface area contributed by atoms with Crippen LogP contribution in [0.2, 0.25) is 0 Å². The quantitative estimate of drug-likeness (QED) is 0.423. The lowest BCUT2D eigenvalue weighted by atomic mass is 10.1. The number of amides is 2. The zero-order valence-corrected chi connectivity index (χ0v) is 10.3. The maximum Gasteiger partial charge on any atom is 0.326 e. The summed E-state index contributed by atoms with van der Waals surface area (Å²) < 4.78 is 4.35. The second-order valence-corrected chi connectivity index (χ2v) is 3.55. The van der Waals surface area contributed by atoms with E-state index in [0.29, 0.717) is 0 Å². The van der Waals surface area contributed by atoms with Crippen LogP contribution in [0.1, 0.15) is 19.3 Å². The standard InChI is InChI=1S/C10H16N2O7/c1-19-8(15)4-5-11-10(18)12-6(9(16)17)2-3-7(13)14/h6H,2-5H2,1H3,(H,13,14)(H,16,17)(H2,11,12,18)/t6-/m0/s1. The van der Waals surface area contributed by atoms with Crippen molar-refractivity contribution in [1.29, 1.82) is 0 Å². The first kappa shape index (κ1) is 16.7. The summed E-state index contributed by atoms with van der Waals surface area (Å²) in [5.74, 6) is -3.00. The summed E-state index contributed by atoms with van der Waals surface area (Å²) in [6, 6.07) is -2.09. The molecule has 0 spiro atoms. The lowest BCUT2D eigenvalue weighted by molar-refractivity contribution is -0.141. The molecule has 2 amide bonds. The molecule has 0 radical (unpaired) electrons. The first-order valence-corrected chi connectivity index (χ1v) is 5.42. The molecule has 1 atom stereocenters. The summed E-state index contributed by atoms with van der Waals surface area (Å²) in [7, 11) is 1.20. The van der Waals surface area contributed by atoms with Crippen molar-refractivity contribution < 1.29 is 34.1 Å². The Bertz CT molecular complexity index is 356. The number of nitrogens with one attached hydrogen (secondary N) is 2. The zero-order valence-electron chi connectivity index (χ0n) is 10.3. The van der Waals surface area contributed by atoms with Gasteiger partial charge in [0.1, 0.15) is 6.04 Å². The van der Waals surface area contributed by atoms with Crippen molar-refractivity contribution in [2.45, 2.75) is 25.3 Å². The molecule has 19 heavy (non-hydrogen) atoms. The average Bonchev–Trinajstić information content (AvgIpc) is 2.33. The van der Waals surface area contributed by atoms with E-state index in [-0.39, 0.29) is 25.8 Å². The SMILES string of the molecule is COC(=O)CCNC(=O)N[C@@H](CCC(=O)O)C(=O)O. The van der Waals surface area contributed by atoms with Crippen LogP contribution in [0, 0.1) is 0 Å². The van der Waals surface area contributed by atoms with E-state index in [0.717, 1.165) is 0 Å². The van der Waals surface area contributed by atoms with Gasteiger partial charge in [-0.25, -0.2) is 9.59 Å². The number of ether oxygens (including phenoxy) is 1. The van der Waals surface area contributed by atoms with Gasteiger partial charge in [-0.05, 0) is 6.42 Å². The fourth-order valence-corrected chi connectivity index (χ4v) is 1.11. The normalized spacial score (nSPS) is 11.2. The smallest absolute Gasteiger partial charge is 0.326 e. The zero-order chi connectivity index (χ0) is 14.8. The summed E-state index contributed by atoms with van der Waals surface area (Å²) in [4.78, 5) is 43.1. The highest BCUT2D eigenvalue weighted by molar-refractivity contribution is 5.83. The third-order valence-electron chi connectivity index (χ3n) is 2.09. The van der Waals surface area contributed by atoms with Gasteiger partial charge in [-0.3, -0.25) is 9.59 Å². The van der Waals surface area contributed by atoms with Crippen molar-refractivity contribution in [1.82, 2.24) is 10.6 Å². The molecule has 0 saturated heterocycles. The Kier molecular flexibility index (Phi) is 7.66. The number of rotatable bonds is 8. The highest BCUT2D eigenvalue weighted by Crippen LogP contribution is 1.98. The number of hydrogen-bond acceptors (Lipinski definition) is 5. The van der Waals surface area contributed by atoms with Crippen molar-refractivity contribution >= 4 is 23.9 Å².